The molecule has 1 aliphatic rings. The van der Waals surface area contributed by atoms with E-state index in [1.54, 1.807) is 0 Å². The molecule has 2 aromatic rings. The first-order valence-corrected chi connectivity index (χ1v) is 26.3. The maximum Gasteiger partial charge on any atom is 0.481 e. The number of nitrogen functional groups attached to an aromatic ring is 1. The molecule has 0 aliphatic carbocycles. The molecule has 2 aromatic heterocycles. The molecule has 1 fully saturated rings. The molecule has 0 radical (unpaired) electrons. The van der Waals surface area contributed by atoms with Crippen molar-refractivity contribution in [3.8, 4) is 0 Å². The first-order valence-electron chi connectivity index (χ1n) is 20.7. The molecule has 1 saturated heterocycles. The number of anilines is 1. The van der Waals surface area contributed by atoms with Crippen molar-refractivity contribution < 1.29 is 80.8 Å². The number of hydrogen-bond acceptors (Lipinski definition) is 18. The summed E-state index contributed by atoms with van der Waals surface area (Å²) in [4.78, 5) is 76.0. The molecule has 362 valence electrons. The van der Waals surface area contributed by atoms with E-state index < -0.39 is 84.1 Å². The fourth-order valence-electron chi connectivity index (χ4n) is 6.39. The van der Waals surface area contributed by atoms with Crippen LogP contribution in [-0.2, 0) is 45.9 Å². The number of carbonyl (C=O) groups excluding carboxylic acids is 2. The number of hydrogen-bond donors (Lipinski definition) is 10. The number of unbranched alkanes of at least 4 members (excludes halogenated alkanes) is 10. The van der Waals surface area contributed by atoms with E-state index in [0.29, 0.717) is 18.7 Å². The van der Waals surface area contributed by atoms with Gasteiger partial charge in [-0.25, -0.2) is 28.6 Å². The van der Waals surface area contributed by atoms with Gasteiger partial charge in [0.1, 0.15) is 36.3 Å². The Hall–Kier alpha value is -2.15. The van der Waals surface area contributed by atoms with Crippen LogP contribution >= 0.6 is 35.2 Å². The second-order valence-corrected chi connectivity index (χ2v) is 21.2. The number of amides is 2. The van der Waals surface area contributed by atoms with Crippen molar-refractivity contribution in [3.63, 3.8) is 0 Å². The summed E-state index contributed by atoms with van der Waals surface area (Å²) in [6.07, 6.45) is 7.31. The van der Waals surface area contributed by atoms with Gasteiger partial charge in [0, 0.05) is 30.7 Å². The van der Waals surface area contributed by atoms with Crippen molar-refractivity contribution in [1.29, 1.82) is 0 Å². The fraction of sp³-hybridized carbons (Fsp3) is 0.800. The Kier molecular flexibility index (Phi) is 23.0. The summed E-state index contributed by atoms with van der Waals surface area (Å²) in [5, 5.41) is 36.9. The minimum absolute atomic E-state index is 0.0357. The Morgan fingerprint density at radius 1 is 0.921 bits per heavy atom. The summed E-state index contributed by atoms with van der Waals surface area (Å²) in [6, 6.07) is 0. The molecule has 8 atom stereocenters. The molecule has 3 rings (SSSR count). The highest BCUT2D eigenvalue weighted by molar-refractivity contribution is 7.99. The van der Waals surface area contributed by atoms with Gasteiger partial charge in [-0.1, -0.05) is 91.4 Å². The van der Waals surface area contributed by atoms with Crippen LogP contribution in [0.1, 0.15) is 110 Å². The molecule has 0 bridgehead atoms. The predicted molar refractivity (Wildman–Crippen MR) is 229 cm³/mol. The molecule has 0 saturated carbocycles. The number of aliphatic hydroxyl groups excluding tert-OH is 3. The van der Waals surface area contributed by atoms with Crippen LogP contribution in [0.5, 0.6) is 0 Å². The van der Waals surface area contributed by atoms with Crippen molar-refractivity contribution in [3.05, 3.63) is 12.7 Å². The Morgan fingerprint density at radius 2 is 1.54 bits per heavy atom. The van der Waals surface area contributed by atoms with Gasteiger partial charge in [-0.2, -0.15) is 4.31 Å². The van der Waals surface area contributed by atoms with Gasteiger partial charge in [0.15, 0.2) is 17.7 Å². The monoisotopic (exact) mass is 979 g/mol. The van der Waals surface area contributed by atoms with Gasteiger partial charge >= 0.3 is 23.5 Å². The van der Waals surface area contributed by atoms with Crippen molar-refractivity contribution in [2.24, 2.45) is 5.41 Å². The van der Waals surface area contributed by atoms with Crippen LogP contribution in [0.25, 0.3) is 11.2 Å². The number of thioether (sulfide) groups is 1. The summed E-state index contributed by atoms with van der Waals surface area (Å²) in [6.45, 7) is 2.90. The highest BCUT2D eigenvalue weighted by atomic mass is 32.2. The molecule has 28 heteroatoms. The summed E-state index contributed by atoms with van der Waals surface area (Å²) in [5.74, 6) is -0.878. The number of imidazole rings is 1. The van der Waals surface area contributed by atoms with Gasteiger partial charge in [0.05, 0.1) is 25.0 Å². The third kappa shape index (κ3) is 19.7. The molecule has 3 unspecified atom stereocenters. The number of nitrogens with one attached hydrogen (secondary N) is 2. The van der Waals surface area contributed by atoms with Crippen molar-refractivity contribution in [2.75, 3.05) is 37.8 Å². The van der Waals surface area contributed by atoms with Crippen LogP contribution in [0.15, 0.2) is 12.7 Å². The SMILES string of the molecule is CCCCCCCCCCCCCC(O)SCCNC(=O)CCNC(=O)[C@H](O)C(C)(C)COP(=O)(O)OP(=O)(O)OC[C@H]1O[C@@H](n2cnc3c(N)ncnc32)[C@@H](O)[C@@H]1OP(=O)(O)O. The quantitative estimate of drug-likeness (QED) is 0.0286. The highest BCUT2D eigenvalue weighted by Gasteiger charge is 2.50. The van der Waals surface area contributed by atoms with Gasteiger partial charge in [-0.3, -0.25) is 27.7 Å². The van der Waals surface area contributed by atoms with E-state index in [9.17, 15) is 58.2 Å². The molecular formula is C35H64N7O17P3S. The molecule has 11 N–H and O–H groups in total. The van der Waals surface area contributed by atoms with E-state index >= 15 is 0 Å². The normalized spacial score (nSPS) is 21.2. The van der Waals surface area contributed by atoms with Gasteiger partial charge in [0.2, 0.25) is 11.8 Å². The number of carbonyl (C=O) groups is 2. The lowest BCUT2D eigenvalue weighted by molar-refractivity contribution is -0.137. The molecular weight excluding hydrogens is 915 g/mol. The zero-order valence-electron chi connectivity index (χ0n) is 35.7. The summed E-state index contributed by atoms with van der Waals surface area (Å²) < 4.78 is 62.4. The average molecular weight is 980 g/mol. The fourth-order valence-corrected chi connectivity index (χ4v) is 10.0. The zero-order chi connectivity index (χ0) is 46.8. The van der Waals surface area contributed by atoms with E-state index in [1.807, 2.05) is 0 Å². The number of nitrogens with two attached hydrogens (primary N) is 1. The van der Waals surface area contributed by atoms with Gasteiger partial charge < -0.3 is 56.0 Å². The molecule has 63 heavy (non-hydrogen) atoms. The van der Waals surface area contributed by atoms with E-state index in [1.165, 1.54) is 77.0 Å². The van der Waals surface area contributed by atoms with E-state index in [-0.39, 0.29) is 35.9 Å². The Balaban J connectivity index is 1.35. The summed E-state index contributed by atoms with van der Waals surface area (Å²) in [7, 11) is -16.4. The Morgan fingerprint density at radius 3 is 2.17 bits per heavy atom. The largest absolute Gasteiger partial charge is 0.481 e. The molecule has 0 spiro atoms. The molecule has 0 aromatic carbocycles. The Labute approximate surface area is 370 Å². The molecule has 24 nitrogen and oxygen atoms in total. The number of ether oxygens (including phenoxy) is 1. The number of aromatic nitrogens is 4. The molecule has 3 heterocycles. The molecule has 2 amide bonds. The zero-order valence-corrected chi connectivity index (χ0v) is 39.2. The minimum Gasteiger partial charge on any atom is -0.386 e. The van der Waals surface area contributed by atoms with Crippen LogP contribution in [0, 0.1) is 5.41 Å². The van der Waals surface area contributed by atoms with E-state index in [0.717, 1.165) is 36.5 Å². The number of nitrogens with zero attached hydrogens (tertiary/aromatic N) is 4. The van der Waals surface area contributed by atoms with Crippen molar-refractivity contribution in [1.82, 2.24) is 30.2 Å². The van der Waals surface area contributed by atoms with Crippen LogP contribution in [0.2, 0.25) is 0 Å². The summed E-state index contributed by atoms with van der Waals surface area (Å²) in [5.41, 5.74) is 3.78. The van der Waals surface area contributed by atoms with Crippen LogP contribution in [-0.4, -0.2) is 128 Å². The summed E-state index contributed by atoms with van der Waals surface area (Å²) >= 11 is 1.35. The van der Waals surface area contributed by atoms with Crippen molar-refractivity contribution in [2.45, 2.75) is 140 Å². The second kappa shape index (κ2) is 26.3. The number of phosphoric acid groups is 3. The maximum atomic E-state index is 12.7. The minimum atomic E-state index is -5.57. The lowest BCUT2D eigenvalue weighted by atomic mass is 9.87. The third-order valence-corrected chi connectivity index (χ3v) is 14.0. The highest BCUT2D eigenvalue weighted by Crippen LogP contribution is 2.61. The van der Waals surface area contributed by atoms with Gasteiger partial charge in [-0.15, -0.1) is 11.8 Å². The standard InChI is InChI=1S/C35H64N7O17P3S/c1-4-5-6-7-8-9-10-11-12-13-14-15-26(44)63-19-18-37-25(43)16-17-38-33(47)30(46)35(2,3)21-56-62(53,54)59-61(51,52)55-20-24-29(58-60(48,49)50)28(45)34(57-24)42-23-41-27-31(36)39-22-40-32(27)42/h22-24,26,28-30,34,44-46H,4-21H2,1-3H3,(H,37,43)(H,38,47)(H,51,52)(H,53,54)(H2,36,39,40)(H2,48,49,50)/t24-,26?,28+,29-,30+,34-/m1/s1. The van der Waals surface area contributed by atoms with Crippen LogP contribution in [0.3, 0.4) is 0 Å². The predicted octanol–water partition coefficient (Wildman–Crippen LogP) is 3.16. The third-order valence-electron chi connectivity index (χ3n) is 9.87. The first kappa shape index (κ1) is 55.2. The number of fused-ring (bicyclic) bond motifs is 1. The average Bonchev–Trinajstić information content (AvgIpc) is 3.76. The number of rotatable bonds is 32. The number of aliphatic hydroxyl groups is 3. The maximum absolute atomic E-state index is 12.7. The Bertz CT molecular complexity index is 1880. The van der Waals surface area contributed by atoms with Crippen LogP contribution in [0.4, 0.5) is 5.82 Å². The molecule has 1 aliphatic heterocycles. The first-order chi connectivity index (χ1) is 29.6. The topological polar surface area (TPSA) is 367 Å². The van der Waals surface area contributed by atoms with Crippen molar-refractivity contribution >= 4 is 64.0 Å². The lowest BCUT2D eigenvalue weighted by Gasteiger charge is -2.30. The second-order valence-electron chi connectivity index (χ2n) is 15.7. The van der Waals surface area contributed by atoms with Gasteiger partial charge in [-0.05, 0) is 6.42 Å². The van der Waals surface area contributed by atoms with Crippen LogP contribution < -0.4 is 16.4 Å². The van der Waals surface area contributed by atoms with E-state index in [2.05, 4.69) is 41.3 Å². The number of phosphoric ester groups is 3. The van der Waals surface area contributed by atoms with E-state index in [4.69, 9.17) is 19.5 Å². The smallest absolute Gasteiger partial charge is 0.386 e. The lowest BCUT2D eigenvalue weighted by Crippen LogP contribution is -2.46. The van der Waals surface area contributed by atoms with Gasteiger partial charge in [0.25, 0.3) is 0 Å².